The Morgan fingerprint density at radius 1 is 1.33 bits per heavy atom. The summed E-state index contributed by atoms with van der Waals surface area (Å²) in [5.74, 6) is -0.454. The highest BCUT2D eigenvalue weighted by molar-refractivity contribution is 5.73. The molecule has 1 atom stereocenters. The summed E-state index contributed by atoms with van der Waals surface area (Å²) in [7, 11) is 0. The first-order chi connectivity index (χ1) is 10.1. The fraction of sp³-hybridized carbons (Fsp3) is 0.571. The molecule has 0 spiro atoms. The van der Waals surface area contributed by atoms with E-state index in [9.17, 15) is 9.59 Å². The van der Waals surface area contributed by atoms with Crippen LogP contribution in [0.1, 0.15) is 38.3 Å². The van der Waals surface area contributed by atoms with Gasteiger partial charge in [-0.15, -0.1) is 0 Å². The van der Waals surface area contributed by atoms with E-state index in [2.05, 4.69) is 20.8 Å². The third-order valence-electron chi connectivity index (χ3n) is 3.24. The fourth-order valence-corrected chi connectivity index (χ4v) is 1.93. The fourth-order valence-electron chi connectivity index (χ4n) is 1.93. The molecule has 116 valence electrons. The van der Waals surface area contributed by atoms with E-state index in [1.165, 1.54) is 0 Å². The Morgan fingerprint density at radius 3 is 2.76 bits per heavy atom. The Hall–Kier alpha value is -2.18. The highest BCUT2D eigenvalue weighted by Crippen LogP contribution is 2.14. The quantitative estimate of drug-likeness (QED) is 0.641. The zero-order valence-electron chi connectivity index (χ0n) is 12.2. The lowest BCUT2D eigenvalue weighted by Gasteiger charge is -2.14. The predicted molar refractivity (Wildman–Crippen MR) is 77.5 cm³/mol. The maximum absolute atomic E-state index is 11.6. The number of aromatic nitrogens is 2. The molecule has 3 N–H and O–H groups in total. The number of carboxylic acids is 1. The number of hydrogen-bond acceptors (Lipinski definition) is 4. The first-order valence-corrected chi connectivity index (χ1v) is 7.12. The van der Waals surface area contributed by atoms with Gasteiger partial charge in [-0.05, 0) is 30.9 Å². The van der Waals surface area contributed by atoms with Crippen molar-refractivity contribution in [2.45, 2.75) is 39.2 Å². The van der Waals surface area contributed by atoms with Crippen LogP contribution in [-0.2, 0) is 11.3 Å². The van der Waals surface area contributed by atoms with Gasteiger partial charge in [0.25, 0.3) is 0 Å². The number of hydrogen-bond donors (Lipinski definition) is 3. The van der Waals surface area contributed by atoms with Gasteiger partial charge in [-0.2, -0.15) is 10.2 Å². The van der Waals surface area contributed by atoms with Gasteiger partial charge in [0.1, 0.15) is 0 Å². The van der Waals surface area contributed by atoms with E-state index < -0.39 is 5.97 Å². The number of carbonyl (C=O) groups is 2. The van der Waals surface area contributed by atoms with E-state index >= 15 is 0 Å². The molecule has 0 saturated carbocycles. The van der Waals surface area contributed by atoms with Crippen LogP contribution in [-0.4, -0.2) is 33.8 Å². The van der Waals surface area contributed by atoms with E-state index in [1.807, 2.05) is 6.92 Å². The summed E-state index contributed by atoms with van der Waals surface area (Å²) in [5, 5.41) is 21.7. The van der Waals surface area contributed by atoms with Gasteiger partial charge in [0.15, 0.2) is 0 Å². The van der Waals surface area contributed by atoms with Crippen molar-refractivity contribution >= 4 is 12.0 Å². The first-order valence-electron chi connectivity index (χ1n) is 7.12. The van der Waals surface area contributed by atoms with Crippen molar-refractivity contribution < 1.29 is 14.7 Å². The lowest BCUT2D eigenvalue weighted by Crippen LogP contribution is -2.36. The van der Waals surface area contributed by atoms with Gasteiger partial charge in [-0.1, -0.05) is 13.3 Å². The van der Waals surface area contributed by atoms with Crippen LogP contribution in [0.15, 0.2) is 18.3 Å². The molecule has 0 aliphatic heterocycles. The predicted octanol–water partition coefficient (Wildman–Crippen LogP) is 1.56. The molecule has 0 aliphatic carbocycles. The van der Waals surface area contributed by atoms with Gasteiger partial charge in [-0.25, -0.2) is 4.79 Å². The SMILES string of the molecule is CCC(CCNC(=O)NCc1cccnn1)CCC(=O)O. The highest BCUT2D eigenvalue weighted by Gasteiger charge is 2.09. The van der Waals surface area contributed by atoms with Crippen LogP contribution >= 0.6 is 0 Å². The Bertz CT molecular complexity index is 439. The standard InChI is InChI=1S/C14H22N4O3/c1-2-11(5-6-13(19)20)7-9-15-14(21)16-10-12-4-3-8-17-18-12/h3-4,8,11H,2,5-7,9-10H2,1H3,(H,19,20)(H2,15,16,21). The number of aliphatic carboxylic acids is 1. The second kappa shape index (κ2) is 9.68. The number of nitrogens with one attached hydrogen (secondary N) is 2. The van der Waals surface area contributed by atoms with Gasteiger partial charge in [0.05, 0.1) is 12.2 Å². The van der Waals surface area contributed by atoms with Crippen LogP contribution in [0.5, 0.6) is 0 Å². The van der Waals surface area contributed by atoms with Crippen molar-refractivity contribution in [2.24, 2.45) is 5.92 Å². The Balaban J connectivity index is 2.16. The molecular weight excluding hydrogens is 272 g/mol. The molecule has 7 heteroatoms. The van der Waals surface area contributed by atoms with Crippen LogP contribution < -0.4 is 10.6 Å². The lowest BCUT2D eigenvalue weighted by atomic mass is 9.97. The first kappa shape index (κ1) is 16.9. The minimum atomic E-state index is -0.775. The molecule has 7 nitrogen and oxygen atoms in total. The third-order valence-corrected chi connectivity index (χ3v) is 3.24. The Morgan fingerprint density at radius 2 is 2.14 bits per heavy atom. The van der Waals surface area contributed by atoms with E-state index in [0.29, 0.717) is 31.1 Å². The maximum atomic E-state index is 11.6. The van der Waals surface area contributed by atoms with Crippen molar-refractivity contribution in [3.63, 3.8) is 0 Å². The van der Waals surface area contributed by atoms with Crippen molar-refractivity contribution in [2.75, 3.05) is 6.54 Å². The van der Waals surface area contributed by atoms with Gasteiger partial charge >= 0.3 is 12.0 Å². The molecule has 0 saturated heterocycles. The molecular formula is C14H22N4O3. The normalized spacial score (nSPS) is 11.7. The van der Waals surface area contributed by atoms with Crippen molar-refractivity contribution in [3.05, 3.63) is 24.0 Å². The summed E-state index contributed by atoms with van der Waals surface area (Å²) < 4.78 is 0. The van der Waals surface area contributed by atoms with Crippen molar-refractivity contribution in [3.8, 4) is 0 Å². The molecule has 0 fully saturated rings. The highest BCUT2D eigenvalue weighted by atomic mass is 16.4. The van der Waals surface area contributed by atoms with Crippen LogP contribution in [0.2, 0.25) is 0 Å². The topological polar surface area (TPSA) is 104 Å². The van der Waals surface area contributed by atoms with Crippen LogP contribution in [0, 0.1) is 5.92 Å². The molecule has 0 bridgehead atoms. The molecule has 1 aromatic rings. The van der Waals surface area contributed by atoms with Gasteiger partial charge in [-0.3, -0.25) is 4.79 Å². The van der Waals surface area contributed by atoms with E-state index in [4.69, 9.17) is 5.11 Å². The van der Waals surface area contributed by atoms with Gasteiger partial charge in [0.2, 0.25) is 0 Å². The van der Waals surface area contributed by atoms with E-state index in [-0.39, 0.29) is 12.5 Å². The van der Waals surface area contributed by atoms with Gasteiger partial charge < -0.3 is 15.7 Å². The van der Waals surface area contributed by atoms with E-state index in [0.717, 1.165) is 12.8 Å². The Labute approximate surface area is 124 Å². The number of rotatable bonds is 9. The molecule has 0 aliphatic rings. The van der Waals surface area contributed by atoms with Crippen LogP contribution in [0.25, 0.3) is 0 Å². The number of carboxylic acid groups (broad SMARTS) is 1. The molecule has 1 rings (SSSR count). The Kier molecular flexibility index (Phi) is 7.78. The summed E-state index contributed by atoms with van der Waals surface area (Å²) >= 11 is 0. The number of amides is 2. The molecule has 0 aromatic carbocycles. The molecule has 1 heterocycles. The van der Waals surface area contributed by atoms with Crippen molar-refractivity contribution in [1.29, 1.82) is 0 Å². The zero-order chi connectivity index (χ0) is 15.5. The molecule has 0 radical (unpaired) electrons. The second-order valence-electron chi connectivity index (χ2n) is 4.82. The number of carbonyl (C=O) groups excluding carboxylic acids is 1. The summed E-state index contributed by atoms with van der Waals surface area (Å²) in [6.07, 6.45) is 4.09. The monoisotopic (exact) mass is 294 g/mol. The molecule has 1 unspecified atom stereocenters. The third kappa shape index (κ3) is 7.86. The molecule has 21 heavy (non-hydrogen) atoms. The van der Waals surface area contributed by atoms with E-state index in [1.54, 1.807) is 18.3 Å². The number of nitrogens with zero attached hydrogens (tertiary/aromatic N) is 2. The summed E-state index contributed by atoms with van der Waals surface area (Å²) in [6, 6.07) is 3.29. The number of urea groups is 1. The second-order valence-corrected chi connectivity index (χ2v) is 4.82. The van der Waals surface area contributed by atoms with Gasteiger partial charge in [0, 0.05) is 19.2 Å². The molecule has 1 aromatic heterocycles. The van der Waals surface area contributed by atoms with Crippen molar-refractivity contribution in [1.82, 2.24) is 20.8 Å². The zero-order valence-corrected chi connectivity index (χ0v) is 12.2. The lowest BCUT2D eigenvalue weighted by molar-refractivity contribution is -0.137. The summed E-state index contributed by atoms with van der Waals surface area (Å²) in [5.41, 5.74) is 0.695. The average Bonchev–Trinajstić information content (AvgIpc) is 2.49. The summed E-state index contributed by atoms with van der Waals surface area (Å²) in [4.78, 5) is 22.1. The maximum Gasteiger partial charge on any atom is 0.315 e. The molecule has 2 amide bonds. The minimum Gasteiger partial charge on any atom is -0.481 e. The van der Waals surface area contributed by atoms with Crippen LogP contribution in [0.3, 0.4) is 0 Å². The smallest absolute Gasteiger partial charge is 0.315 e. The van der Waals surface area contributed by atoms with Crippen LogP contribution in [0.4, 0.5) is 4.79 Å². The average molecular weight is 294 g/mol. The largest absolute Gasteiger partial charge is 0.481 e. The summed E-state index contributed by atoms with van der Waals surface area (Å²) in [6.45, 7) is 2.89. The minimum absolute atomic E-state index is 0.178.